The van der Waals surface area contributed by atoms with E-state index in [0.717, 1.165) is 30.7 Å². The molecule has 1 aliphatic heterocycles. The first kappa shape index (κ1) is 17.6. The second kappa shape index (κ2) is 7.43. The predicted molar refractivity (Wildman–Crippen MR) is 103 cm³/mol. The molecule has 1 heterocycles. The van der Waals surface area contributed by atoms with E-state index in [1.807, 2.05) is 59.5 Å². The van der Waals surface area contributed by atoms with Gasteiger partial charge < -0.3 is 15.0 Å². The van der Waals surface area contributed by atoms with E-state index in [-0.39, 0.29) is 23.9 Å². The Morgan fingerprint density at radius 3 is 2.48 bits per heavy atom. The first-order valence-electron chi connectivity index (χ1n) is 9.42. The molecular formula is C22H24N2O3. The fraction of sp³-hybridized carbons (Fsp3) is 0.364. The van der Waals surface area contributed by atoms with Gasteiger partial charge in [-0.05, 0) is 48.6 Å². The highest BCUT2D eigenvalue weighted by Gasteiger charge is 2.47. The lowest BCUT2D eigenvalue weighted by molar-refractivity contribution is -0.132. The molecule has 2 aliphatic rings. The van der Waals surface area contributed by atoms with Crippen molar-refractivity contribution in [1.82, 2.24) is 10.2 Å². The zero-order valence-corrected chi connectivity index (χ0v) is 15.4. The largest absolute Gasteiger partial charge is 0.497 e. The number of piperidine rings is 1. The number of fused-ring (bicyclic) bond motifs is 2. The minimum absolute atomic E-state index is 0.0382. The zero-order chi connectivity index (χ0) is 18.8. The first-order chi connectivity index (χ1) is 13.1. The summed E-state index contributed by atoms with van der Waals surface area (Å²) < 4.78 is 5.17. The van der Waals surface area contributed by atoms with Gasteiger partial charge in [-0.15, -0.1) is 0 Å². The Bertz CT molecular complexity index is 819. The van der Waals surface area contributed by atoms with Gasteiger partial charge in [-0.1, -0.05) is 30.3 Å². The summed E-state index contributed by atoms with van der Waals surface area (Å²) in [6.45, 7) is 0.803. The van der Waals surface area contributed by atoms with Crippen LogP contribution in [0.3, 0.4) is 0 Å². The molecule has 5 heteroatoms. The van der Waals surface area contributed by atoms with Crippen LogP contribution in [0.4, 0.5) is 0 Å². The highest BCUT2D eigenvalue weighted by molar-refractivity contribution is 5.94. The van der Waals surface area contributed by atoms with Crippen LogP contribution >= 0.6 is 0 Å². The summed E-state index contributed by atoms with van der Waals surface area (Å²) >= 11 is 0. The second-order valence-corrected chi connectivity index (χ2v) is 7.42. The summed E-state index contributed by atoms with van der Waals surface area (Å²) in [5, 5.41) is 3.14. The Hall–Kier alpha value is -2.82. The van der Waals surface area contributed by atoms with Crippen LogP contribution in [0.2, 0.25) is 0 Å². The van der Waals surface area contributed by atoms with Gasteiger partial charge in [-0.2, -0.15) is 0 Å². The van der Waals surface area contributed by atoms with Crippen LogP contribution in [-0.4, -0.2) is 42.5 Å². The van der Waals surface area contributed by atoms with E-state index < -0.39 is 0 Å². The normalized spacial score (nSPS) is 23.3. The van der Waals surface area contributed by atoms with E-state index in [2.05, 4.69) is 5.32 Å². The van der Waals surface area contributed by atoms with Crippen molar-refractivity contribution in [2.75, 3.05) is 13.7 Å². The van der Waals surface area contributed by atoms with Gasteiger partial charge in [0.05, 0.1) is 19.6 Å². The number of carbonyl (C=O) groups is 2. The number of carbonyl (C=O) groups excluding carboxylic acids is 2. The van der Waals surface area contributed by atoms with Crippen LogP contribution < -0.4 is 10.1 Å². The van der Waals surface area contributed by atoms with Gasteiger partial charge in [0.15, 0.2) is 0 Å². The summed E-state index contributed by atoms with van der Waals surface area (Å²) in [7, 11) is 1.63. The molecule has 3 unspecified atom stereocenters. The lowest BCUT2D eigenvalue weighted by Crippen LogP contribution is -2.52. The molecule has 2 amide bonds. The number of amides is 2. The number of nitrogens with one attached hydrogen (secondary N) is 1. The Balaban J connectivity index is 1.39. The number of nitrogens with zero attached hydrogens (tertiary/aromatic N) is 1. The molecule has 2 aromatic carbocycles. The third kappa shape index (κ3) is 3.68. The number of ether oxygens (including phenoxy) is 1. The quantitative estimate of drug-likeness (QED) is 0.887. The van der Waals surface area contributed by atoms with Crippen molar-refractivity contribution in [1.29, 1.82) is 0 Å². The summed E-state index contributed by atoms with van der Waals surface area (Å²) in [5.74, 6) is 1.34. The molecule has 2 aromatic rings. The van der Waals surface area contributed by atoms with Crippen LogP contribution in [-0.2, 0) is 11.2 Å². The van der Waals surface area contributed by atoms with E-state index in [1.54, 1.807) is 7.11 Å². The first-order valence-corrected chi connectivity index (χ1v) is 9.42. The highest BCUT2D eigenvalue weighted by atomic mass is 16.5. The molecule has 0 spiro atoms. The van der Waals surface area contributed by atoms with Crippen molar-refractivity contribution >= 4 is 11.8 Å². The third-order valence-electron chi connectivity index (χ3n) is 5.67. The van der Waals surface area contributed by atoms with Crippen LogP contribution in [0.1, 0.15) is 28.8 Å². The molecule has 1 saturated heterocycles. The molecular weight excluding hydrogens is 340 g/mol. The minimum atomic E-state index is -0.0595. The van der Waals surface area contributed by atoms with Crippen molar-refractivity contribution < 1.29 is 14.3 Å². The Labute approximate surface area is 159 Å². The fourth-order valence-electron chi connectivity index (χ4n) is 4.33. The number of hydrogen-bond donors (Lipinski definition) is 1. The van der Waals surface area contributed by atoms with Gasteiger partial charge in [0.25, 0.3) is 5.91 Å². The van der Waals surface area contributed by atoms with Crippen molar-refractivity contribution in [2.45, 2.75) is 31.3 Å². The minimum Gasteiger partial charge on any atom is -0.497 e. The fourth-order valence-corrected chi connectivity index (χ4v) is 4.33. The van der Waals surface area contributed by atoms with Crippen molar-refractivity contribution in [3.05, 3.63) is 65.7 Å². The summed E-state index contributed by atoms with van der Waals surface area (Å²) in [5.41, 5.74) is 1.64. The molecule has 0 aromatic heterocycles. The molecule has 1 N–H and O–H groups in total. The summed E-state index contributed by atoms with van der Waals surface area (Å²) in [4.78, 5) is 27.3. The lowest BCUT2D eigenvalue weighted by atomic mass is 10.0. The van der Waals surface area contributed by atoms with Crippen molar-refractivity contribution in [3.8, 4) is 5.75 Å². The number of hydrogen-bond acceptors (Lipinski definition) is 3. The molecule has 4 rings (SSSR count). The van der Waals surface area contributed by atoms with Gasteiger partial charge in [0.1, 0.15) is 5.75 Å². The van der Waals surface area contributed by atoms with Crippen LogP contribution in [0.5, 0.6) is 5.75 Å². The zero-order valence-electron chi connectivity index (χ0n) is 15.4. The molecule has 1 saturated carbocycles. The van der Waals surface area contributed by atoms with E-state index in [4.69, 9.17) is 4.74 Å². The Morgan fingerprint density at radius 1 is 1.07 bits per heavy atom. The highest BCUT2D eigenvalue weighted by Crippen LogP contribution is 2.38. The average Bonchev–Trinajstić information content (AvgIpc) is 3.30. The van der Waals surface area contributed by atoms with Crippen molar-refractivity contribution in [3.63, 3.8) is 0 Å². The molecule has 1 aliphatic carbocycles. The maximum atomic E-state index is 12.8. The molecule has 0 radical (unpaired) electrons. The third-order valence-corrected chi connectivity index (χ3v) is 5.67. The number of rotatable bonds is 5. The van der Waals surface area contributed by atoms with E-state index >= 15 is 0 Å². The molecule has 140 valence electrons. The average molecular weight is 364 g/mol. The number of likely N-dealkylation sites (tertiary alicyclic amines) is 1. The topological polar surface area (TPSA) is 58.6 Å². The maximum absolute atomic E-state index is 12.8. The SMILES string of the molecule is COc1ccc(CC(=O)N2CC3CC(NC(=O)c4ccccc4)C2C3)cc1. The lowest BCUT2D eigenvalue weighted by Gasteiger charge is -2.34. The van der Waals surface area contributed by atoms with Gasteiger partial charge in [0, 0.05) is 18.2 Å². The molecule has 5 nitrogen and oxygen atoms in total. The molecule has 2 fully saturated rings. The van der Waals surface area contributed by atoms with Gasteiger partial charge in [-0.25, -0.2) is 0 Å². The van der Waals surface area contributed by atoms with E-state index in [0.29, 0.717) is 17.9 Å². The Morgan fingerprint density at radius 2 is 1.81 bits per heavy atom. The van der Waals surface area contributed by atoms with Crippen LogP contribution in [0.25, 0.3) is 0 Å². The van der Waals surface area contributed by atoms with Gasteiger partial charge in [0.2, 0.25) is 5.91 Å². The predicted octanol–water partition coefficient (Wildman–Crippen LogP) is 2.66. The van der Waals surface area contributed by atoms with Crippen LogP contribution in [0, 0.1) is 5.92 Å². The van der Waals surface area contributed by atoms with Crippen molar-refractivity contribution in [2.24, 2.45) is 5.92 Å². The number of benzene rings is 2. The van der Waals surface area contributed by atoms with Gasteiger partial charge >= 0.3 is 0 Å². The Kier molecular flexibility index (Phi) is 4.84. The molecule has 2 bridgehead atoms. The standard InChI is InChI=1S/C22H24N2O3/c1-27-18-9-7-15(8-10-18)13-21(25)24-14-16-11-19(20(24)12-16)23-22(26)17-5-3-2-4-6-17/h2-10,16,19-20H,11-14H2,1H3,(H,23,26). The van der Waals surface area contributed by atoms with Crippen LogP contribution in [0.15, 0.2) is 54.6 Å². The molecule has 3 atom stereocenters. The second-order valence-electron chi connectivity index (χ2n) is 7.42. The summed E-state index contributed by atoms with van der Waals surface area (Å²) in [6, 6.07) is 17.0. The van der Waals surface area contributed by atoms with E-state index in [9.17, 15) is 9.59 Å². The smallest absolute Gasteiger partial charge is 0.251 e. The van der Waals surface area contributed by atoms with Gasteiger partial charge in [-0.3, -0.25) is 9.59 Å². The maximum Gasteiger partial charge on any atom is 0.251 e. The number of methoxy groups -OCH3 is 1. The van der Waals surface area contributed by atoms with E-state index in [1.165, 1.54) is 0 Å². The summed E-state index contributed by atoms with van der Waals surface area (Å²) in [6.07, 6.45) is 2.32. The monoisotopic (exact) mass is 364 g/mol. The molecule has 27 heavy (non-hydrogen) atoms.